The van der Waals surface area contributed by atoms with Crippen molar-refractivity contribution in [2.24, 2.45) is 5.10 Å². The van der Waals surface area contributed by atoms with Crippen LogP contribution in [0.25, 0.3) is 10.2 Å². The summed E-state index contributed by atoms with van der Waals surface area (Å²) in [5, 5.41) is 15.1. The second kappa shape index (κ2) is 6.81. The Bertz CT molecular complexity index is 1070. The van der Waals surface area contributed by atoms with E-state index in [9.17, 15) is 9.90 Å². The molecule has 0 fully saturated rings. The van der Waals surface area contributed by atoms with Crippen LogP contribution in [0, 0.1) is 3.57 Å². The number of aromatic hydroxyl groups is 1. The topological polar surface area (TPSA) is 67.5 Å². The summed E-state index contributed by atoms with van der Waals surface area (Å²) in [6, 6.07) is 3.56. The number of hydrogen-bond donors (Lipinski definition) is 1. The molecule has 5 nitrogen and oxygen atoms in total. The highest BCUT2D eigenvalue weighted by Gasteiger charge is 2.19. The summed E-state index contributed by atoms with van der Waals surface area (Å²) in [6.07, 6.45) is 7.18. The third-order valence-corrected chi connectivity index (χ3v) is 6.72. The third kappa shape index (κ3) is 3.15. The first kappa shape index (κ1) is 17.2. The van der Waals surface area contributed by atoms with Gasteiger partial charge in [-0.2, -0.15) is 9.78 Å². The van der Waals surface area contributed by atoms with Crippen LogP contribution >= 0.6 is 49.9 Å². The van der Waals surface area contributed by atoms with Gasteiger partial charge in [0.1, 0.15) is 16.9 Å². The zero-order valence-electron chi connectivity index (χ0n) is 13.0. The summed E-state index contributed by atoms with van der Waals surface area (Å²) in [7, 11) is 0. The molecule has 4 rings (SSSR count). The lowest BCUT2D eigenvalue weighted by Gasteiger charge is -2.09. The zero-order valence-corrected chi connectivity index (χ0v) is 17.6. The van der Waals surface area contributed by atoms with Gasteiger partial charge in [-0.3, -0.25) is 4.79 Å². The van der Waals surface area contributed by atoms with Gasteiger partial charge in [-0.05, 0) is 66.0 Å². The molecule has 0 bridgehead atoms. The molecule has 0 amide bonds. The molecular formula is C17H13BrIN3O2S. The Morgan fingerprint density at radius 1 is 1.36 bits per heavy atom. The molecule has 2 aromatic heterocycles. The summed E-state index contributed by atoms with van der Waals surface area (Å²) in [6.45, 7) is 0. The molecule has 1 aliphatic carbocycles. The van der Waals surface area contributed by atoms with Gasteiger partial charge >= 0.3 is 0 Å². The van der Waals surface area contributed by atoms with Gasteiger partial charge in [0, 0.05) is 14.9 Å². The van der Waals surface area contributed by atoms with Crippen molar-refractivity contribution >= 4 is 66.3 Å². The molecule has 0 radical (unpaired) electrons. The Morgan fingerprint density at radius 3 is 3.00 bits per heavy atom. The van der Waals surface area contributed by atoms with E-state index in [0.29, 0.717) is 14.5 Å². The molecule has 8 heteroatoms. The molecule has 0 saturated heterocycles. The molecular weight excluding hydrogens is 517 g/mol. The van der Waals surface area contributed by atoms with Gasteiger partial charge in [0.15, 0.2) is 0 Å². The summed E-state index contributed by atoms with van der Waals surface area (Å²) in [5.41, 5.74) is 1.54. The van der Waals surface area contributed by atoms with E-state index in [2.05, 4.69) is 26.0 Å². The quantitative estimate of drug-likeness (QED) is 0.398. The van der Waals surface area contributed by atoms with Crippen LogP contribution in [0.4, 0.5) is 0 Å². The van der Waals surface area contributed by atoms with Crippen LogP contribution in [0.15, 0.2) is 32.8 Å². The van der Waals surface area contributed by atoms with E-state index < -0.39 is 0 Å². The molecule has 0 spiro atoms. The van der Waals surface area contributed by atoms with Crippen molar-refractivity contribution in [1.29, 1.82) is 0 Å². The fourth-order valence-corrected chi connectivity index (χ4v) is 5.80. The average Bonchev–Trinajstić information content (AvgIpc) is 2.97. The highest BCUT2D eigenvalue weighted by molar-refractivity contribution is 14.1. The average molecular weight is 530 g/mol. The van der Waals surface area contributed by atoms with Gasteiger partial charge in [0.25, 0.3) is 5.56 Å². The van der Waals surface area contributed by atoms with Crippen LogP contribution in [0.1, 0.15) is 28.8 Å². The second-order valence-electron chi connectivity index (χ2n) is 5.86. The Hall–Kier alpha value is -1.26. The van der Waals surface area contributed by atoms with E-state index in [1.54, 1.807) is 17.4 Å². The Labute approximate surface area is 169 Å². The largest absolute Gasteiger partial charge is 0.506 e. The van der Waals surface area contributed by atoms with E-state index in [-0.39, 0.29) is 11.3 Å². The van der Waals surface area contributed by atoms with E-state index in [1.807, 2.05) is 28.7 Å². The number of phenols is 1. The van der Waals surface area contributed by atoms with Crippen molar-refractivity contribution in [3.8, 4) is 5.75 Å². The molecule has 25 heavy (non-hydrogen) atoms. The van der Waals surface area contributed by atoms with Crippen molar-refractivity contribution in [3.05, 3.63) is 52.9 Å². The van der Waals surface area contributed by atoms with Crippen molar-refractivity contribution in [3.63, 3.8) is 0 Å². The van der Waals surface area contributed by atoms with E-state index in [4.69, 9.17) is 0 Å². The van der Waals surface area contributed by atoms with Gasteiger partial charge in [-0.25, -0.2) is 4.98 Å². The standard InChI is InChI=1S/C17H13BrIN3O2S/c18-10-5-9(15(23)12(19)6-10)7-21-22-8-20-16-14(17(22)24)11-3-1-2-4-13(11)25-16/h5-8,23H,1-4H2/b21-7-. The molecule has 2 heterocycles. The van der Waals surface area contributed by atoms with Gasteiger partial charge in [-0.1, -0.05) is 15.9 Å². The van der Waals surface area contributed by atoms with Gasteiger partial charge in [0.2, 0.25) is 0 Å². The number of phenolic OH excluding ortho intramolecular Hbond substituents is 1. The molecule has 1 N–H and O–H groups in total. The summed E-state index contributed by atoms with van der Waals surface area (Å²) >= 11 is 7.07. The Morgan fingerprint density at radius 2 is 2.16 bits per heavy atom. The zero-order chi connectivity index (χ0) is 17.6. The SMILES string of the molecule is O=c1c2c3c(sc2ncn1/N=C\c1cc(Br)cc(I)c1O)CCCC3. The summed E-state index contributed by atoms with van der Waals surface area (Å²) in [4.78, 5) is 19.3. The number of hydrogen-bond acceptors (Lipinski definition) is 5. The Balaban J connectivity index is 1.80. The monoisotopic (exact) mass is 529 g/mol. The van der Waals surface area contributed by atoms with Crippen molar-refractivity contribution in [2.75, 3.05) is 0 Å². The smallest absolute Gasteiger partial charge is 0.282 e. The second-order valence-corrected chi connectivity index (χ2v) is 9.02. The predicted molar refractivity (Wildman–Crippen MR) is 112 cm³/mol. The minimum absolute atomic E-state index is 0.141. The van der Waals surface area contributed by atoms with Gasteiger partial charge < -0.3 is 5.11 Å². The normalized spacial score (nSPS) is 14.3. The number of benzene rings is 1. The van der Waals surface area contributed by atoms with E-state index in [0.717, 1.165) is 34.1 Å². The number of aryl methyl sites for hydroxylation is 2. The number of thiophene rings is 1. The maximum absolute atomic E-state index is 12.8. The number of aromatic nitrogens is 2. The number of rotatable bonds is 2. The fourth-order valence-electron chi connectivity index (χ4n) is 3.03. The van der Waals surface area contributed by atoms with Crippen molar-refractivity contribution < 1.29 is 5.11 Å². The molecule has 0 aliphatic heterocycles. The third-order valence-electron chi connectivity index (χ3n) is 4.24. The highest BCUT2D eigenvalue weighted by Crippen LogP contribution is 2.33. The van der Waals surface area contributed by atoms with Gasteiger partial charge in [0.05, 0.1) is 15.2 Å². The highest BCUT2D eigenvalue weighted by atomic mass is 127. The lowest BCUT2D eigenvalue weighted by molar-refractivity contribution is 0.470. The lowest BCUT2D eigenvalue weighted by Crippen LogP contribution is -2.18. The van der Waals surface area contributed by atoms with Crippen LogP contribution < -0.4 is 5.56 Å². The maximum atomic E-state index is 12.8. The number of nitrogens with zero attached hydrogens (tertiary/aromatic N) is 3. The predicted octanol–water partition coefficient (Wildman–Crippen LogP) is 4.29. The summed E-state index contributed by atoms with van der Waals surface area (Å²) in [5.74, 6) is 0.141. The summed E-state index contributed by atoms with van der Waals surface area (Å²) < 4.78 is 2.79. The van der Waals surface area contributed by atoms with E-state index >= 15 is 0 Å². The Kier molecular flexibility index (Phi) is 4.67. The minimum Gasteiger partial charge on any atom is -0.506 e. The van der Waals surface area contributed by atoms with Gasteiger partial charge in [-0.15, -0.1) is 11.3 Å². The van der Waals surface area contributed by atoms with Crippen LogP contribution in [0.3, 0.4) is 0 Å². The lowest BCUT2D eigenvalue weighted by atomic mass is 9.97. The van der Waals surface area contributed by atoms with Crippen LogP contribution in [-0.4, -0.2) is 21.0 Å². The first-order valence-corrected chi connectivity index (χ1v) is 10.5. The van der Waals surface area contributed by atoms with Crippen LogP contribution in [0.2, 0.25) is 0 Å². The van der Waals surface area contributed by atoms with Crippen molar-refractivity contribution in [1.82, 2.24) is 9.66 Å². The molecule has 0 saturated carbocycles. The van der Waals surface area contributed by atoms with Crippen molar-refractivity contribution in [2.45, 2.75) is 25.7 Å². The maximum Gasteiger partial charge on any atom is 0.282 e. The fraction of sp³-hybridized carbons (Fsp3) is 0.235. The minimum atomic E-state index is -0.148. The first-order valence-electron chi connectivity index (χ1n) is 7.79. The molecule has 0 atom stereocenters. The molecule has 1 aromatic carbocycles. The molecule has 128 valence electrons. The molecule has 1 aliphatic rings. The molecule has 0 unspecified atom stereocenters. The van der Waals surface area contributed by atoms with Crippen LogP contribution in [0.5, 0.6) is 5.75 Å². The number of halogens is 2. The molecule has 3 aromatic rings. The first-order chi connectivity index (χ1) is 12.0. The van der Waals surface area contributed by atoms with Crippen LogP contribution in [-0.2, 0) is 12.8 Å². The van der Waals surface area contributed by atoms with E-state index in [1.165, 1.54) is 28.5 Å². The number of fused-ring (bicyclic) bond motifs is 3.